The van der Waals surface area contributed by atoms with E-state index in [0.717, 1.165) is 17.4 Å². The summed E-state index contributed by atoms with van der Waals surface area (Å²) in [6.07, 6.45) is 4.17. The Morgan fingerprint density at radius 1 is 1.53 bits per heavy atom. The molecule has 1 aliphatic heterocycles. The maximum atomic E-state index is 11.6. The lowest BCUT2D eigenvalue weighted by molar-refractivity contribution is -0.150. The summed E-state index contributed by atoms with van der Waals surface area (Å²) in [6, 6.07) is 1.92. The SMILES string of the molecule is CSc1cc(N2CCC(C(=O)O)(C(C)C)C2)ncn1. The number of rotatable bonds is 4. The molecule has 0 aromatic carbocycles. The van der Waals surface area contributed by atoms with Crippen LogP contribution in [0.5, 0.6) is 0 Å². The summed E-state index contributed by atoms with van der Waals surface area (Å²) in [6.45, 7) is 5.20. The largest absolute Gasteiger partial charge is 0.481 e. The molecule has 0 amide bonds. The Bertz CT molecular complexity index is 481. The van der Waals surface area contributed by atoms with Crippen LogP contribution in [0.2, 0.25) is 0 Å². The quantitative estimate of drug-likeness (QED) is 0.673. The molecule has 2 heterocycles. The van der Waals surface area contributed by atoms with Crippen molar-refractivity contribution in [2.75, 3.05) is 24.2 Å². The van der Waals surface area contributed by atoms with Crippen molar-refractivity contribution < 1.29 is 9.90 Å². The highest BCUT2D eigenvalue weighted by Crippen LogP contribution is 2.39. The molecule has 1 aromatic heterocycles. The van der Waals surface area contributed by atoms with Gasteiger partial charge in [0, 0.05) is 19.2 Å². The van der Waals surface area contributed by atoms with Gasteiger partial charge in [0.15, 0.2) is 0 Å². The molecule has 1 N–H and O–H groups in total. The molecule has 0 aliphatic carbocycles. The first kappa shape index (κ1) is 14.1. The number of aliphatic carboxylic acids is 1. The number of aromatic nitrogens is 2. The van der Waals surface area contributed by atoms with Crippen LogP contribution in [0.3, 0.4) is 0 Å². The minimum absolute atomic E-state index is 0.108. The first-order valence-corrected chi connectivity index (χ1v) is 7.56. The van der Waals surface area contributed by atoms with Gasteiger partial charge >= 0.3 is 5.97 Å². The highest BCUT2D eigenvalue weighted by atomic mass is 32.2. The first-order valence-electron chi connectivity index (χ1n) is 6.34. The maximum absolute atomic E-state index is 11.6. The topological polar surface area (TPSA) is 66.3 Å². The zero-order chi connectivity index (χ0) is 14.0. The Morgan fingerprint density at radius 3 is 2.79 bits per heavy atom. The molecule has 0 saturated carbocycles. The summed E-state index contributed by atoms with van der Waals surface area (Å²) in [4.78, 5) is 22.1. The Kier molecular flexibility index (Phi) is 3.99. The smallest absolute Gasteiger partial charge is 0.311 e. The molecule has 1 aromatic rings. The molecule has 1 fully saturated rings. The fraction of sp³-hybridized carbons (Fsp3) is 0.615. The van der Waals surface area contributed by atoms with Crippen molar-refractivity contribution in [1.82, 2.24) is 9.97 Å². The number of nitrogens with zero attached hydrogens (tertiary/aromatic N) is 3. The molecule has 0 bridgehead atoms. The monoisotopic (exact) mass is 281 g/mol. The van der Waals surface area contributed by atoms with Crippen molar-refractivity contribution in [3.05, 3.63) is 12.4 Å². The second-order valence-electron chi connectivity index (χ2n) is 5.21. The molecule has 1 saturated heterocycles. The molecular weight excluding hydrogens is 262 g/mol. The van der Waals surface area contributed by atoms with Crippen LogP contribution in [0.15, 0.2) is 17.4 Å². The highest BCUT2D eigenvalue weighted by molar-refractivity contribution is 7.98. The summed E-state index contributed by atoms with van der Waals surface area (Å²) in [5.74, 6) is 0.226. The molecule has 1 aliphatic rings. The number of hydrogen-bond acceptors (Lipinski definition) is 5. The van der Waals surface area contributed by atoms with Crippen LogP contribution in [0.1, 0.15) is 20.3 Å². The van der Waals surface area contributed by atoms with Crippen molar-refractivity contribution in [1.29, 1.82) is 0 Å². The number of hydrogen-bond donors (Lipinski definition) is 1. The van der Waals surface area contributed by atoms with Gasteiger partial charge in [-0.05, 0) is 18.6 Å². The van der Waals surface area contributed by atoms with Gasteiger partial charge in [-0.25, -0.2) is 9.97 Å². The van der Waals surface area contributed by atoms with E-state index in [1.54, 1.807) is 11.8 Å². The van der Waals surface area contributed by atoms with Crippen LogP contribution >= 0.6 is 11.8 Å². The van der Waals surface area contributed by atoms with Crippen LogP contribution in [0.25, 0.3) is 0 Å². The molecular formula is C13H19N3O2S. The Hall–Kier alpha value is -1.30. The van der Waals surface area contributed by atoms with E-state index in [1.165, 1.54) is 6.33 Å². The van der Waals surface area contributed by atoms with Crippen LogP contribution < -0.4 is 4.90 Å². The minimum Gasteiger partial charge on any atom is -0.481 e. The summed E-state index contributed by atoms with van der Waals surface area (Å²) in [7, 11) is 0. The average molecular weight is 281 g/mol. The van der Waals surface area contributed by atoms with Gasteiger partial charge in [0.2, 0.25) is 0 Å². The Balaban J connectivity index is 2.23. The molecule has 2 rings (SSSR count). The summed E-state index contributed by atoms with van der Waals surface area (Å²) >= 11 is 1.56. The second-order valence-corrected chi connectivity index (χ2v) is 6.03. The number of anilines is 1. The molecule has 1 unspecified atom stereocenters. The summed E-state index contributed by atoms with van der Waals surface area (Å²) < 4.78 is 0. The number of thioether (sulfide) groups is 1. The molecule has 0 spiro atoms. The van der Waals surface area contributed by atoms with Gasteiger partial charge in [0.25, 0.3) is 0 Å². The van der Waals surface area contributed by atoms with E-state index >= 15 is 0 Å². The van der Waals surface area contributed by atoms with E-state index in [1.807, 2.05) is 26.2 Å². The Labute approximate surface area is 117 Å². The molecule has 19 heavy (non-hydrogen) atoms. The van der Waals surface area contributed by atoms with E-state index in [2.05, 4.69) is 14.9 Å². The molecule has 6 heteroatoms. The molecule has 0 radical (unpaired) electrons. The third-order valence-electron chi connectivity index (χ3n) is 3.99. The molecule has 5 nitrogen and oxygen atoms in total. The third-order valence-corrected chi connectivity index (χ3v) is 4.63. The first-order chi connectivity index (χ1) is 8.99. The van der Waals surface area contributed by atoms with E-state index in [-0.39, 0.29) is 5.92 Å². The van der Waals surface area contributed by atoms with Gasteiger partial charge in [-0.1, -0.05) is 13.8 Å². The zero-order valence-corrected chi connectivity index (χ0v) is 12.3. The minimum atomic E-state index is -0.704. The van der Waals surface area contributed by atoms with Crippen LogP contribution in [-0.2, 0) is 4.79 Å². The molecule has 104 valence electrons. The van der Waals surface area contributed by atoms with Gasteiger partial charge in [-0.3, -0.25) is 4.79 Å². The lowest BCUT2D eigenvalue weighted by atomic mass is 9.76. The van der Waals surface area contributed by atoms with Crippen molar-refractivity contribution in [3.8, 4) is 0 Å². The normalized spacial score (nSPS) is 23.1. The van der Waals surface area contributed by atoms with E-state index < -0.39 is 11.4 Å². The standard InChI is InChI=1S/C13H19N3O2S/c1-9(2)13(12(17)18)4-5-16(7-13)10-6-11(19-3)15-8-14-10/h6,8-9H,4-5,7H2,1-3H3,(H,17,18). The van der Waals surface area contributed by atoms with Crippen molar-refractivity contribution in [2.24, 2.45) is 11.3 Å². The van der Waals surface area contributed by atoms with Gasteiger partial charge in [0.1, 0.15) is 17.2 Å². The van der Waals surface area contributed by atoms with E-state index in [0.29, 0.717) is 13.0 Å². The van der Waals surface area contributed by atoms with Gasteiger partial charge in [-0.2, -0.15) is 0 Å². The highest BCUT2D eigenvalue weighted by Gasteiger charge is 2.47. The Morgan fingerprint density at radius 2 is 2.26 bits per heavy atom. The van der Waals surface area contributed by atoms with Crippen molar-refractivity contribution >= 4 is 23.5 Å². The molecule has 1 atom stereocenters. The van der Waals surface area contributed by atoms with Crippen molar-refractivity contribution in [3.63, 3.8) is 0 Å². The zero-order valence-electron chi connectivity index (χ0n) is 11.5. The van der Waals surface area contributed by atoms with Crippen LogP contribution in [0.4, 0.5) is 5.82 Å². The average Bonchev–Trinajstić information content (AvgIpc) is 2.85. The predicted molar refractivity (Wildman–Crippen MR) is 75.5 cm³/mol. The van der Waals surface area contributed by atoms with Gasteiger partial charge < -0.3 is 10.0 Å². The second kappa shape index (κ2) is 5.36. The van der Waals surface area contributed by atoms with Crippen LogP contribution in [-0.4, -0.2) is 40.4 Å². The fourth-order valence-electron chi connectivity index (χ4n) is 2.54. The van der Waals surface area contributed by atoms with Gasteiger partial charge in [-0.15, -0.1) is 11.8 Å². The predicted octanol–water partition coefficient (Wildman–Crippen LogP) is 2.14. The maximum Gasteiger partial charge on any atom is 0.311 e. The lowest BCUT2D eigenvalue weighted by Crippen LogP contribution is -2.39. The van der Waals surface area contributed by atoms with Gasteiger partial charge in [0.05, 0.1) is 5.41 Å². The van der Waals surface area contributed by atoms with Crippen molar-refractivity contribution in [2.45, 2.75) is 25.3 Å². The third kappa shape index (κ3) is 2.54. The number of carboxylic acids is 1. The van der Waals surface area contributed by atoms with Crippen LogP contribution in [0, 0.1) is 11.3 Å². The van der Waals surface area contributed by atoms with E-state index in [4.69, 9.17) is 0 Å². The number of carbonyl (C=O) groups is 1. The summed E-state index contributed by atoms with van der Waals surface area (Å²) in [5.41, 5.74) is -0.662. The summed E-state index contributed by atoms with van der Waals surface area (Å²) in [5, 5.41) is 10.4. The van der Waals surface area contributed by atoms with E-state index in [9.17, 15) is 9.90 Å². The fourth-order valence-corrected chi connectivity index (χ4v) is 2.91. The number of carboxylic acid groups (broad SMARTS) is 1. The lowest BCUT2D eigenvalue weighted by Gasteiger charge is -2.28.